The van der Waals surface area contributed by atoms with Crippen molar-refractivity contribution in [3.8, 4) is 0 Å². The third kappa shape index (κ3) is 4.30. The Morgan fingerprint density at radius 2 is 1.78 bits per heavy atom. The summed E-state index contributed by atoms with van der Waals surface area (Å²) < 4.78 is 17.4. The number of hydrogen-bond acceptors (Lipinski definition) is 4. The molecule has 0 radical (unpaired) electrons. The number of ether oxygens (including phenoxy) is 1. The predicted octanol–water partition coefficient (Wildman–Crippen LogP) is 3.57. The van der Waals surface area contributed by atoms with Gasteiger partial charge in [-0.15, -0.1) is 0 Å². The SMILES string of the molecule is CC(C)(C)OC(=O)N1CCCC1/C=C/B1OC(C)(C)C(C)(C)O1. The van der Waals surface area contributed by atoms with Crippen LogP contribution in [0.15, 0.2) is 12.1 Å². The molecule has 0 aromatic carbocycles. The Bertz CT molecular complexity index is 465. The highest BCUT2D eigenvalue weighted by atomic mass is 16.7. The summed E-state index contributed by atoms with van der Waals surface area (Å²) >= 11 is 0. The van der Waals surface area contributed by atoms with Gasteiger partial charge < -0.3 is 18.9 Å². The third-order valence-electron chi connectivity index (χ3n) is 4.69. The molecule has 2 heterocycles. The van der Waals surface area contributed by atoms with E-state index >= 15 is 0 Å². The van der Waals surface area contributed by atoms with E-state index in [0.29, 0.717) is 0 Å². The highest BCUT2D eigenvalue weighted by Gasteiger charge is 2.50. The minimum absolute atomic E-state index is 0.0453. The van der Waals surface area contributed by atoms with Crippen LogP contribution in [-0.2, 0) is 14.0 Å². The van der Waals surface area contributed by atoms with Crippen molar-refractivity contribution in [2.24, 2.45) is 0 Å². The minimum atomic E-state index is -0.473. The monoisotopic (exact) mass is 323 g/mol. The minimum Gasteiger partial charge on any atom is -0.444 e. The van der Waals surface area contributed by atoms with Crippen molar-refractivity contribution in [3.63, 3.8) is 0 Å². The summed E-state index contributed by atoms with van der Waals surface area (Å²) in [4.78, 5) is 14.1. The van der Waals surface area contributed by atoms with Crippen molar-refractivity contribution >= 4 is 13.2 Å². The number of amides is 1. The van der Waals surface area contributed by atoms with Gasteiger partial charge in [-0.25, -0.2) is 4.79 Å². The van der Waals surface area contributed by atoms with Crippen molar-refractivity contribution < 1.29 is 18.8 Å². The van der Waals surface area contributed by atoms with Crippen molar-refractivity contribution in [1.82, 2.24) is 4.90 Å². The smallest absolute Gasteiger partial charge is 0.444 e. The lowest BCUT2D eigenvalue weighted by Crippen LogP contribution is -2.41. The summed E-state index contributed by atoms with van der Waals surface area (Å²) in [7, 11) is -0.374. The Kier molecular flexibility index (Phi) is 4.89. The summed E-state index contributed by atoms with van der Waals surface area (Å²) in [5.41, 5.74) is -1.16. The summed E-state index contributed by atoms with van der Waals surface area (Å²) in [6, 6.07) is 0.0453. The second-order valence-corrected chi connectivity index (χ2v) is 8.39. The molecule has 0 aromatic rings. The van der Waals surface area contributed by atoms with E-state index in [0.717, 1.165) is 19.4 Å². The van der Waals surface area contributed by atoms with Crippen molar-refractivity contribution in [1.29, 1.82) is 0 Å². The lowest BCUT2D eigenvalue weighted by molar-refractivity contribution is 0.00578. The first-order valence-corrected chi connectivity index (χ1v) is 8.45. The van der Waals surface area contributed by atoms with Gasteiger partial charge in [-0.1, -0.05) is 12.1 Å². The standard InChI is InChI=1S/C17H30BNO4/c1-15(2,3)21-14(20)19-12-8-9-13(19)10-11-18-22-16(4,5)17(6,7)23-18/h10-11,13H,8-9,12H2,1-7H3/b11-10+. The molecule has 2 saturated heterocycles. The van der Waals surface area contributed by atoms with Gasteiger partial charge in [-0.05, 0) is 61.3 Å². The Labute approximate surface area is 140 Å². The molecule has 0 aliphatic carbocycles. The van der Waals surface area contributed by atoms with Gasteiger partial charge in [0, 0.05) is 6.54 Å². The molecule has 5 nitrogen and oxygen atoms in total. The molecule has 2 aliphatic rings. The van der Waals surface area contributed by atoms with Crippen LogP contribution >= 0.6 is 0 Å². The van der Waals surface area contributed by atoms with Gasteiger partial charge >= 0.3 is 13.2 Å². The average molecular weight is 323 g/mol. The Hall–Kier alpha value is -1.01. The fraction of sp³-hybridized carbons (Fsp3) is 0.824. The summed E-state index contributed by atoms with van der Waals surface area (Å²) in [6.07, 6.45) is 3.69. The molecule has 2 aliphatic heterocycles. The Balaban J connectivity index is 1.98. The zero-order valence-electron chi connectivity index (χ0n) is 15.5. The van der Waals surface area contributed by atoms with E-state index in [4.69, 9.17) is 14.0 Å². The van der Waals surface area contributed by atoms with Crippen LogP contribution in [0.4, 0.5) is 4.79 Å². The molecule has 2 rings (SSSR count). The second-order valence-electron chi connectivity index (χ2n) is 8.39. The molecule has 0 aromatic heterocycles. The van der Waals surface area contributed by atoms with E-state index in [1.807, 2.05) is 60.5 Å². The van der Waals surface area contributed by atoms with E-state index in [-0.39, 0.29) is 30.5 Å². The maximum Gasteiger partial charge on any atom is 0.486 e. The second kappa shape index (κ2) is 6.13. The first kappa shape index (κ1) is 18.3. The van der Waals surface area contributed by atoms with Gasteiger partial charge in [0.15, 0.2) is 0 Å². The normalized spacial score (nSPS) is 27.0. The topological polar surface area (TPSA) is 48.0 Å². The van der Waals surface area contributed by atoms with Crippen LogP contribution in [-0.4, -0.2) is 47.5 Å². The molecule has 1 amide bonds. The van der Waals surface area contributed by atoms with E-state index in [2.05, 4.69) is 0 Å². The fourth-order valence-corrected chi connectivity index (χ4v) is 2.73. The quantitative estimate of drug-likeness (QED) is 0.729. The molecule has 1 unspecified atom stereocenters. The zero-order valence-corrected chi connectivity index (χ0v) is 15.5. The number of carbonyl (C=O) groups excluding carboxylic acids is 1. The zero-order chi connectivity index (χ0) is 17.5. The molecule has 2 fully saturated rings. The van der Waals surface area contributed by atoms with Crippen LogP contribution in [0, 0.1) is 0 Å². The van der Waals surface area contributed by atoms with Crippen LogP contribution in [0.2, 0.25) is 0 Å². The van der Waals surface area contributed by atoms with Crippen LogP contribution in [0.5, 0.6) is 0 Å². The molecule has 0 bridgehead atoms. The third-order valence-corrected chi connectivity index (χ3v) is 4.69. The molecular formula is C17H30BNO4. The van der Waals surface area contributed by atoms with Crippen LogP contribution in [0.25, 0.3) is 0 Å². The van der Waals surface area contributed by atoms with Crippen LogP contribution in [0.1, 0.15) is 61.3 Å². The van der Waals surface area contributed by atoms with Gasteiger partial charge in [0.2, 0.25) is 0 Å². The molecular weight excluding hydrogens is 293 g/mol. The van der Waals surface area contributed by atoms with Crippen molar-refractivity contribution in [3.05, 3.63) is 12.1 Å². The molecule has 0 saturated carbocycles. The Morgan fingerprint density at radius 1 is 1.22 bits per heavy atom. The molecule has 0 spiro atoms. The number of nitrogens with zero attached hydrogens (tertiary/aromatic N) is 1. The first-order valence-electron chi connectivity index (χ1n) is 8.45. The number of likely N-dealkylation sites (tertiary alicyclic amines) is 1. The lowest BCUT2D eigenvalue weighted by atomic mass is 9.89. The lowest BCUT2D eigenvalue weighted by Gasteiger charge is -2.32. The molecule has 6 heteroatoms. The van der Waals surface area contributed by atoms with E-state index in [1.165, 1.54) is 0 Å². The molecule has 0 N–H and O–H groups in total. The van der Waals surface area contributed by atoms with Gasteiger partial charge in [-0.2, -0.15) is 0 Å². The van der Waals surface area contributed by atoms with Crippen LogP contribution in [0.3, 0.4) is 0 Å². The summed E-state index contributed by atoms with van der Waals surface area (Å²) in [5.74, 6) is 1.92. The van der Waals surface area contributed by atoms with Crippen LogP contribution < -0.4 is 0 Å². The predicted molar refractivity (Wildman–Crippen MR) is 91.2 cm³/mol. The van der Waals surface area contributed by atoms with Gasteiger partial charge in [0.1, 0.15) is 5.60 Å². The number of hydrogen-bond donors (Lipinski definition) is 0. The largest absolute Gasteiger partial charge is 0.486 e. The maximum absolute atomic E-state index is 12.3. The Morgan fingerprint density at radius 3 is 2.30 bits per heavy atom. The van der Waals surface area contributed by atoms with E-state index in [1.54, 1.807) is 4.90 Å². The van der Waals surface area contributed by atoms with E-state index in [9.17, 15) is 4.79 Å². The maximum atomic E-state index is 12.3. The highest BCUT2D eigenvalue weighted by molar-refractivity contribution is 6.51. The fourth-order valence-electron chi connectivity index (χ4n) is 2.73. The van der Waals surface area contributed by atoms with Crippen molar-refractivity contribution in [2.75, 3.05) is 6.54 Å². The molecule has 1 atom stereocenters. The number of carbonyl (C=O) groups is 1. The summed E-state index contributed by atoms with van der Waals surface area (Å²) in [5, 5.41) is 0. The van der Waals surface area contributed by atoms with Gasteiger partial charge in [0.25, 0.3) is 0 Å². The number of rotatable bonds is 2. The molecule has 130 valence electrons. The van der Waals surface area contributed by atoms with Gasteiger partial charge in [-0.3, -0.25) is 0 Å². The average Bonchev–Trinajstić information content (AvgIpc) is 2.87. The first-order chi connectivity index (χ1) is 10.4. The molecule has 23 heavy (non-hydrogen) atoms. The van der Waals surface area contributed by atoms with E-state index < -0.39 is 5.60 Å². The summed E-state index contributed by atoms with van der Waals surface area (Å²) in [6.45, 7) is 14.5. The highest BCUT2D eigenvalue weighted by Crippen LogP contribution is 2.37. The van der Waals surface area contributed by atoms with Gasteiger partial charge in [0.05, 0.1) is 17.2 Å². The van der Waals surface area contributed by atoms with Crippen molar-refractivity contribution in [2.45, 2.75) is 84.2 Å².